The molecule has 3 heterocycles. The normalized spacial score (nSPS) is 11.1. The minimum Gasteiger partial charge on any atom is -0.364 e. The van der Waals surface area contributed by atoms with E-state index in [0.717, 1.165) is 32.9 Å². The summed E-state index contributed by atoms with van der Waals surface area (Å²) in [5, 5.41) is 9.99. The van der Waals surface area contributed by atoms with Gasteiger partial charge in [0.2, 0.25) is 5.95 Å². The molecule has 0 aliphatic heterocycles. The van der Waals surface area contributed by atoms with Crippen LogP contribution in [0.1, 0.15) is 19.5 Å². The van der Waals surface area contributed by atoms with E-state index in [1.807, 2.05) is 24.3 Å². The van der Waals surface area contributed by atoms with E-state index in [4.69, 9.17) is 9.97 Å². The molecule has 0 radical (unpaired) electrons. The van der Waals surface area contributed by atoms with Gasteiger partial charge in [-0.2, -0.15) is 4.98 Å². The number of nitrogens with zero attached hydrogens (tertiary/aromatic N) is 3. The zero-order chi connectivity index (χ0) is 18.6. The molecule has 0 spiro atoms. The van der Waals surface area contributed by atoms with Crippen molar-refractivity contribution in [2.45, 2.75) is 26.4 Å². The van der Waals surface area contributed by atoms with Crippen molar-refractivity contribution in [2.75, 3.05) is 10.6 Å². The zero-order valence-corrected chi connectivity index (χ0v) is 16.1. The second-order valence-electron chi connectivity index (χ2n) is 6.57. The number of hydrogen-bond acceptors (Lipinski definition) is 6. The van der Waals surface area contributed by atoms with E-state index < -0.39 is 0 Å². The van der Waals surface area contributed by atoms with Crippen LogP contribution >= 0.6 is 11.3 Å². The van der Waals surface area contributed by atoms with E-state index in [9.17, 15) is 0 Å². The Labute approximate surface area is 162 Å². The van der Waals surface area contributed by atoms with E-state index in [-0.39, 0.29) is 6.04 Å². The van der Waals surface area contributed by atoms with Crippen molar-refractivity contribution in [1.29, 1.82) is 0 Å². The van der Waals surface area contributed by atoms with Crippen LogP contribution in [0.4, 0.5) is 11.8 Å². The molecule has 3 aromatic heterocycles. The van der Waals surface area contributed by atoms with Gasteiger partial charge in [-0.15, -0.1) is 11.3 Å². The van der Waals surface area contributed by atoms with Gasteiger partial charge in [-0.1, -0.05) is 36.4 Å². The summed E-state index contributed by atoms with van der Waals surface area (Å²) in [7, 11) is 0. The third-order valence-corrected chi connectivity index (χ3v) is 4.97. The standard InChI is InChI=1S/C21H21N5S/c1-14(2)24-21-25-19(23-12-16-10-6-7-11-22-16)18-17(13-27-20(18)26-21)15-8-4-3-5-9-15/h3-11,13-14H,12H2,1-2H3,(H2,23,24,25,26). The summed E-state index contributed by atoms with van der Waals surface area (Å²) in [6, 6.07) is 16.5. The summed E-state index contributed by atoms with van der Waals surface area (Å²) < 4.78 is 0. The molecule has 136 valence electrons. The van der Waals surface area contributed by atoms with Gasteiger partial charge in [0.25, 0.3) is 0 Å². The van der Waals surface area contributed by atoms with Crippen LogP contribution in [0.3, 0.4) is 0 Å². The van der Waals surface area contributed by atoms with Crippen molar-refractivity contribution in [3.63, 3.8) is 0 Å². The predicted molar refractivity (Wildman–Crippen MR) is 113 cm³/mol. The summed E-state index contributed by atoms with van der Waals surface area (Å²) >= 11 is 1.64. The fraction of sp³-hybridized carbons (Fsp3) is 0.190. The van der Waals surface area contributed by atoms with Crippen molar-refractivity contribution >= 4 is 33.3 Å². The number of rotatable bonds is 6. The average Bonchev–Trinajstić information content (AvgIpc) is 3.11. The third kappa shape index (κ3) is 3.90. The summed E-state index contributed by atoms with van der Waals surface area (Å²) in [6.07, 6.45) is 1.80. The lowest BCUT2D eigenvalue weighted by atomic mass is 10.1. The van der Waals surface area contributed by atoms with E-state index >= 15 is 0 Å². The molecule has 0 unspecified atom stereocenters. The average molecular weight is 376 g/mol. The van der Waals surface area contributed by atoms with Crippen molar-refractivity contribution in [3.8, 4) is 11.1 Å². The van der Waals surface area contributed by atoms with Gasteiger partial charge in [-0.05, 0) is 31.5 Å². The molecule has 0 amide bonds. The van der Waals surface area contributed by atoms with Crippen LogP contribution < -0.4 is 10.6 Å². The van der Waals surface area contributed by atoms with E-state index in [0.29, 0.717) is 12.5 Å². The number of anilines is 2. The highest BCUT2D eigenvalue weighted by Crippen LogP contribution is 2.37. The van der Waals surface area contributed by atoms with E-state index in [1.165, 1.54) is 0 Å². The second-order valence-corrected chi connectivity index (χ2v) is 7.42. The smallest absolute Gasteiger partial charge is 0.226 e. The largest absolute Gasteiger partial charge is 0.364 e. The Kier molecular flexibility index (Phi) is 4.98. The van der Waals surface area contributed by atoms with Gasteiger partial charge in [0.05, 0.1) is 17.6 Å². The number of pyridine rings is 1. The molecule has 0 fully saturated rings. The molecule has 0 saturated heterocycles. The maximum atomic E-state index is 4.76. The molecule has 0 bridgehead atoms. The molecule has 0 saturated carbocycles. The lowest BCUT2D eigenvalue weighted by molar-refractivity contribution is 0.877. The number of nitrogens with one attached hydrogen (secondary N) is 2. The Morgan fingerprint density at radius 1 is 1.00 bits per heavy atom. The maximum Gasteiger partial charge on any atom is 0.226 e. The van der Waals surface area contributed by atoms with Crippen molar-refractivity contribution in [1.82, 2.24) is 15.0 Å². The highest BCUT2D eigenvalue weighted by molar-refractivity contribution is 7.17. The zero-order valence-electron chi connectivity index (χ0n) is 15.3. The molecule has 1 aromatic carbocycles. The van der Waals surface area contributed by atoms with Crippen LogP contribution in [-0.2, 0) is 6.54 Å². The third-order valence-electron chi connectivity index (χ3n) is 4.10. The van der Waals surface area contributed by atoms with Crippen molar-refractivity contribution < 1.29 is 0 Å². The molecule has 4 rings (SSSR count). The Hall–Kier alpha value is -2.99. The monoisotopic (exact) mass is 375 g/mol. The molecule has 0 aliphatic rings. The number of hydrogen-bond donors (Lipinski definition) is 2. The molecular formula is C21H21N5S. The summed E-state index contributed by atoms with van der Waals surface area (Å²) in [4.78, 5) is 14.8. The Morgan fingerprint density at radius 2 is 1.81 bits per heavy atom. The van der Waals surface area contributed by atoms with Crippen LogP contribution in [-0.4, -0.2) is 21.0 Å². The second kappa shape index (κ2) is 7.72. The SMILES string of the molecule is CC(C)Nc1nc(NCc2ccccn2)c2c(-c3ccccc3)csc2n1. The summed E-state index contributed by atoms with van der Waals surface area (Å²) in [5.41, 5.74) is 3.28. The van der Waals surface area contributed by atoms with Gasteiger partial charge in [-0.25, -0.2) is 4.98 Å². The number of thiophene rings is 1. The first-order valence-corrected chi connectivity index (χ1v) is 9.83. The number of benzene rings is 1. The Bertz CT molecular complexity index is 1030. The molecule has 0 aliphatic carbocycles. The van der Waals surface area contributed by atoms with Crippen molar-refractivity contribution in [2.24, 2.45) is 0 Å². The van der Waals surface area contributed by atoms with Gasteiger partial charge in [0.1, 0.15) is 10.6 Å². The molecule has 27 heavy (non-hydrogen) atoms. The first kappa shape index (κ1) is 17.4. The fourth-order valence-corrected chi connectivity index (χ4v) is 3.85. The van der Waals surface area contributed by atoms with E-state index in [1.54, 1.807) is 17.5 Å². The number of fused-ring (bicyclic) bond motifs is 1. The van der Waals surface area contributed by atoms with Crippen LogP contribution in [0.2, 0.25) is 0 Å². The van der Waals surface area contributed by atoms with Gasteiger partial charge in [0, 0.05) is 23.2 Å². The quantitative estimate of drug-likeness (QED) is 0.486. The van der Waals surface area contributed by atoms with Crippen molar-refractivity contribution in [3.05, 3.63) is 65.8 Å². The minimum atomic E-state index is 0.264. The highest BCUT2D eigenvalue weighted by Gasteiger charge is 2.15. The lowest BCUT2D eigenvalue weighted by Crippen LogP contribution is -2.13. The molecular weight excluding hydrogens is 354 g/mol. The summed E-state index contributed by atoms with van der Waals surface area (Å²) in [6.45, 7) is 4.77. The van der Waals surface area contributed by atoms with Gasteiger partial charge in [0.15, 0.2) is 0 Å². The van der Waals surface area contributed by atoms with Crippen LogP contribution in [0.15, 0.2) is 60.1 Å². The molecule has 2 N–H and O–H groups in total. The lowest BCUT2D eigenvalue weighted by Gasteiger charge is -2.13. The first-order valence-electron chi connectivity index (χ1n) is 8.95. The summed E-state index contributed by atoms with van der Waals surface area (Å²) in [5.74, 6) is 1.47. The molecule has 4 aromatic rings. The number of aromatic nitrogens is 3. The van der Waals surface area contributed by atoms with Gasteiger partial charge >= 0.3 is 0 Å². The van der Waals surface area contributed by atoms with Gasteiger partial charge < -0.3 is 10.6 Å². The topological polar surface area (TPSA) is 62.7 Å². The predicted octanol–water partition coefficient (Wildman–Crippen LogP) is 5.19. The Morgan fingerprint density at radius 3 is 2.56 bits per heavy atom. The van der Waals surface area contributed by atoms with Gasteiger partial charge in [-0.3, -0.25) is 4.98 Å². The minimum absolute atomic E-state index is 0.264. The van der Waals surface area contributed by atoms with E-state index in [2.05, 4.69) is 59.1 Å². The molecule has 5 nitrogen and oxygen atoms in total. The van der Waals surface area contributed by atoms with Crippen LogP contribution in [0, 0.1) is 0 Å². The van der Waals surface area contributed by atoms with Crippen LogP contribution in [0.25, 0.3) is 21.3 Å². The fourth-order valence-electron chi connectivity index (χ4n) is 2.90. The first-order chi connectivity index (χ1) is 13.2. The van der Waals surface area contributed by atoms with Crippen LogP contribution in [0.5, 0.6) is 0 Å². The Balaban J connectivity index is 1.78. The maximum absolute atomic E-state index is 4.76. The molecule has 6 heteroatoms. The molecule has 0 atom stereocenters. The highest BCUT2D eigenvalue weighted by atomic mass is 32.1.